The Morgan fingerprint density at radius 3 is 2.68 bits per heavy atom. The lowest BCUT2D eigenvalue weighted by Gasteiger charge is -2.42. The third kappa shape index (κ3) is 3.81. The average Bonchev–Trinajstić information content (AvgIpc) is 2.91. The fraction of sp³-hybridized carbons (Fsp3) is 0.667. The zero-order chi connectivity index (χ0) is 18.0. The average molecular weight is 360 g/mol. The second-order valence-corrected chi connectivity index (χ2v) is 8.54. The highest BCUT2D eigenvalue weighted by Gasteiger charge is 2.44. The fourth-order valence-corrected chi connectivity index (χ4v) is 5.06. The lowest BCUT2D eigenvalue weighted by Crippen LogP contribution is -2.45. The van der Waals surface area contributed by atoms with Gasteiger partial charge in [-0.25, -0.2) is 0 Å². The first kappa shape index (κ1) is 18.5. The minimum atomic E-state index is 0.447. The molecule has 2 aliphatic heterocycles. The number of nitriles is 1. The van der Waals surface area contributed by atoms with Gasteiger partial charge in [0.05, 0.1) is 10.6 Å². The van der Waals surface area contributed by atoms with Crippen LogP contribution in [0.1, 0.15) is 58.4 Å². The van der Waals surface area contributed by atoms with Crippen molar-refractivity contribution in [1.29, 1.82) is 5.26 Å². The van der Waals surface area contributed by atoms with Crippen LogP contribution >= 0.6 is 11.6 Å². The minimum Gasteiger partial charge on any atom is -0.368 e. The van der Waals surface area contributed by atoms with E-state index in [1.165, 1.54) is 45.2 Å². The Balaban J connectivity index is 1.68. The van der Waals surface area contributed by atoms with Gasteiger partial charge in [-0.15, -0.1) is 0 Å². The molecule has 0 bridgehead atoms. The van der Waals surface area contributed by atoms with Gasteiger partial charge < -0.3 is 9.80 Å². The van der Waals surface area contributed by atoms with Crippen LogP contribution < -0.4 is 4.90 Å². The molecule has 2 atom stereocenters. The van der Waals surface area contributed by atoms with E-state index in [0.29, 0.717) is 22.0 Å². The van der Waals surface area contributed by atoms with E-state index in [4.69, 9.17) is 16.9 Å². The maximum absolute atomic E-state index is 9.08. The molecule has 2 fully saturated rings. The van der Waals surface area contributed by atoms with Crippen molar-refractivity contribution in [2.45, 2.75) is 65.0 Å². The zero-order valence-electron chi connectivity index (χ0n) is 15.8. The maximum atomic E-state index is 9.08. The number of benzene rings is 1. The van der Waals surface area contributed by atoms with Crippen LogP contribution in [0.15, 0.2) is 18.2 Å². The molecule has 1 spiro atoms. The van der Waals surface area contributed by atoms with Gasteiger partial charge in [-0.3, -0.25) is 0 Å². The predicted octanol–water partition coefficient (Wildman–Crippen LogP) is 5.08. The predicted molar refractivity (Wildman–Crippen MR) is 105 cm³/mol. The second-order valence-electron chi connectivity index (χ2n) is 8.13. The van der Waals surface area contributed by atoms with Crippen LogP contribution in [-0.2, 0) is 0 Å². The van der Waals surface area contributed by atoms with Crippen molar-refractivity contribution in [1.82, 2.24) is 4.90 Å². The summed E-state index contributed by atoms with van der Waals surface area (Å²) in [5, 5.41) is 9.65. The van der Waals surface area contributed by atoms with Gasteiger partial charge in [0.2, 0.25) is 0 Å². The highest BCUT2D eigenvalue weighted by Crippen LogP contribution is 2.45. The number of likely N-dealkylation sites (tertiary alicyclic amines) is 1. The molecule has 0 saturated carbocycles. The van der Waals surface area contributed by atoms with Crippen LogP contribution in [0, 0.1) is 16.7 Å². The lowest BCUT2D eigenvalue weighted by atomic mass is 9.76. The fourth-order valence-electron chi connectivity index (χ4n) is 4.84. The molecule has 4 heteroatoms. The Bertz CT molecular complexity index is 643. The molecular formula is C21H30ClN3. The molecule has 2 aliphatic rings. The number of halogens is 1. The van der Waals surface area contributed by atoms with Crippen molar-refractivity contribution >= 4 is 17.3 Å². The largest absolute Gasteiger partial charge is 0.368 e. The van der Waals surface area contributed by atoms with E-state index in [0.717, 1.165) is 18.3 Å². The summed E-state index contributed by atoms with van der Waals surface area (Å²) < 4.78 is 0. The summed E-state index contributed by atoms with van der Waals surface area (Å²) in [7, 11) is 0. The monoisotopic (exact) mass is 359 g/mol. The van der Waals surface area contributed by atoms with Crippen molar-refractivity contribution in [2.75, 3.05) is 24.5 Å². The molecular weight excluding hydrogens is 330 g/mol. The summed E-state index contributed by atoms with van der Waals surface area (Å²) in [5.41, 5.74) is 2.17. The van der Waals surface area contributed by atoms with E-state index in [9.17, 15) is 0 Å². The number of rotatable bonds is 4. The van der Waals surface area contributed by atoms with Crippen molar-refractivity contribution < 1.29 is 0 Å². The molecule has 0 aromatic heterocycles. The summed E-state index contributed by atoms with van der Waals surface area (Å²) in [4.78, 5) is 5.18. The van der Waals surface area contributed by atoms with Gasteiger partial charge in [0, 0.05) is 24.3 Å². The molecule has 0 radical (unpaired) electrons. The Morgan fingerprint density at radius 2 is 2.08 bits per heavy atom. The molecule has 3 rings (SSSR count). The Hall–Kier alpha value is -1.24. The molecule has 0 amide bonds. The lowest BCUT2D eigenvalue weighted by molar-refractivity contribution is 0.0858. The Kier molecular flexibility index (Phi) is 5.61. The maximum Gasteiger partial charge on any atom is 0.101 e. The summed E-state index contributed by atoms with van der Waals surface area (Å²) in [5.74, 6) is 0. The summed E-state index contributed by atoms with van der Waals surface area (Å²) in [6.45, 7) is 10.6. The molecule has 0 aliphatic carbocycles. The molecule has 1 aromatic carbocycles. The van der Waals surface area contributed by atoms with Crippen molar-refractivity contribution in [2.24, 2.45) is 5.41 Å². The third-order valence-corrected chi connectivity index (χ3v) is 6.67. The highest BCUT2D eigenvalue weighted by molar-refractivity contribution is 6.32. The van der Waals surface area contributed by atoms with E-state index >= 15 is 0 Å². The third-order valence-electron chi connectivity index (χ3n) is 6.36. The van der Waals surface area contributed by atoms with Gasteiger partial charge in [-0.1, -0.05) is 24.9 Å². The minimum absolute atomic E-state index is 0.447. The molecule has 25 heavy (non-hydrogen) atoms. The van der Waals surface area contributed by atoms with Crippen molar-refractivity contribution in [3.8, 4) is 6.07 Å². The highest BCUT2D eigenvalue weighted by atomic mass is 35.5. The molecule has 3 nitrogen and oxygen atoms in total. The number of piperidine rings is 1. The Morgan fingerprint density at radius 1 is 1.36 bits per heavy atom. The first-order valence-corrected chi connectivity index (χ1v) is 10.1. The van der Waals surface area contributed by atoms with E-state index in [2.05, 4.69) is 42.7 Å². The second kappa shape index (κ2) is 7.56. The number of anilines is 1. The van der Waals surface area contributed by atoms with Crippen LogP contribution in [0.3, 0.4) is 0 Å². The Labute approximate surface area is 157 Å². The van der Waals surface area contributed by atoms with E-state index in [1.54, 1.807) is 0 Å². The van der Waals surface area contributed by atoms with Crippen molar-refractivity contribution in [3.05, 3.63) is 28.8 Å². The van der Waals surface area contributed by atoms with Gasteiger partial charge in [-0.2, -0.15) is 5.26 Å². The molecule has 2 saturated heterocycles. The smallest absolute Gasteiger partial charge is 0.101 e. The quantitative estimate of drug-likeness (QED) is 0.750. The van der Waals surface area contributed by atoms with Gasteiger partial charge in [0.15, 0.2) is 0 Å². The molecule has 1 aromatic rings. The molecule has 1 unspecified atom stereocenters. The number of hydrogen-bond donors (Lipinski definition) is 0. The number of hydrogen-bond acceptors (Lipinski definition) is 3. The van der Waals surface area contributed by atoms with E-state index < -0.39 is 0 Å². The first-order chi connectivity index (χ1) is 12.0. The number of nitrogens with zero attached hydrogens (tertiary/aromatic N) is 3. The van der Waals surface area contributed by atoms with Gasteiger partial charge in [-0.05, 0) is 76.2 Å². The van der Waals surface area contributed by atoms with Crippen LogP contribution in [0.4, 0.5) is 5.69 Å². The van der Waals surface area contributed by atoms with Crippen molar-refractivity contribution in [3.63, 3.8) is 0 Å². The van der Waals surface area contributed by atoms with Gasteiger partial charge in [0.25, 0.3) is 0 Å². The summed E-state index contributed by atoms with van der Waals surface area (Å²) >= 11 is 6.26. The van der Waals surface area contributed by atoms with Crippen LogP contribution in [0.25, 0.3) is 0 Å². The molecule has 2 heterocycles. The van der Waals surface area contributed by atoms with Crippen LogP contribution in [0.2, 0.25) is 5.02 Å². The summed E-state index contributed by atoms with van der Waals surface area (Å²) in [6.07, 6.45) is 6.44. The van der Waals surface area contributed by atoms with E-state index in [1.807, 2.05) is 12.1 Å². The van der Waals surface area contributed by atoms with Gasteiger partial charge in [0.1, 0.15) is 6.07 Å². The van der Waals surface area contributed by atoms with Crippen LogP contribution in [-0.4, -0.2) is 36.6 Å². The topological polar surface area (TPSA) is 30.3 Å². The van der Waals surface area contributed by atoms with Crippen LogP contribution in [0.5, 0.6) is 0 Å². The molecule has 136 valence electrons. The van der Waals surface area contributed by atoms with Gasteiger partial charge >= 0.3 is 0 Å². The zero-order valence-corrected chi connectivity index (χ0v) is 16.5. The van der Waals surface area contributed by atoms with E-state index in [-0.39, 0.29) is 0 Å². The SMILES string of the molecule is CCCC(C)N1CCC2(CC1)C[C@H](C)N(c1ccc(C#N)c(Cl)c1)C2. The first-order valence-electron chi connectivity index (χ1n) is 9.68. The molecule has 0 N–H and O–H groups in total. The normalized spacial score (nSPS) is 24.4. The summed E-state index contributed by atoms with van der Waals surface area (Å²) in [6, 6.07) is 9.27. The standard InChI is InChI=1S/C21H30ClN3/c1-4-5-16(2)24-10-8-21(9-11-24)13-17(3)25(15-21)19-7-6-18(14-23)20(22)12-19/h6-7,12,16-17H,4-5,8-11,13,15H2,1-3H3/t16?,17-/m0/s1.